The Hall–Kier alpha value is -4.11. The second kappa shape index (κ2) is 8.56. The first-order valence-electron chi connectivity index (χ1n) is 10.5. The third-order valence-electron chi connectivity index (χ3n) is 5.67. The van der Waals surface area contributed by atoms with E-state index in [-0.39, 0.29) is 0 Å². The second-order valence-corrected chi connectivity index (χ2v) is 7.59. The van der Waals surface area contributed by atoms with Crippen molar-refractivity contribution < 1.29 is 9.47 Å². The van der Waals surface area contributed by atoms with Crippen molar-refractivity contribution in [3.8, 4) is 45.0 Å². The molecule has 0 amide bonds. The molecule has 3 nitrogen and oxygen atoms in total. The van der Waals surface area contributed by atoms with E-state index in [0.717, 1.165) is 55.9 Å². The predicted molar refractivity (Wildman–Crippen MR) is 131 cm³/mol. The number of benzene rings is 4. The van der Waals surface area contributed by atoms with Crippen LogP contribution in [0.25, 0.3) is 44.4 Å². The molecule has 0 aliphatic rings. The molecule has 0 N–H and O–H groups in total. The Labute approximate surface area is 187 Å². The minimum Gasteiger partial charge on any atom is -0.497 e. The van der Waals surface area contributed by atoms with Gasteiger partial charge in [-0.15, -0.1) is 0 Å². The fourth-order valence-corrected chi connectivity index (χ4v) is 4.01. The number of pyridine rings is 1. The Kier molecular flexibility index (Phi) is 5.30. The van der Waals surface area contributed by atoms with E-state index in [0.29, 0.717) is 0 Å². The van der Waals surface area contributed by atoms with Crippen molar-refractivity contribution in [3.05, 3.63) is 103 Å². The molecule has 0 atom stereocenters. The van der Waals surface area contributed by atoms with Crippen LogP contribution in [0, 0.1) is 0 Å². The molecule has 0 fully saturated rings. The molecule has 1 aromatic heterocycles. The van der Waals surface area contributed by atoms with Gasteiger partial charge in [0.05, 0.1) is 25.4 Å². The molecule has 156 valence electrons. The van der Waals surface area contributed by atoms with E-state index in [1.54, 1.807) is 14.2 Å². The molecular formula is C29H23NO2. The molecule has 32 heavy (non-hydrogen) atoms. The van der Waals surface area contributed by atoms with Crippen LogP contribution in [0.4, 0.5) is 0 Å². The van der Waals surface area contributed by atoms with E-state index in [2.05, 4.69) is 60.7 Å². The fraction of sp³-hybridized carbons (Fsp3) is 0.0690. The van der Waals surface area contributed by atoms with Gasteiger partial charge in [0.2, 0.25) is 0 Å². The summed E-state index contributed by atoms with van der Waals surface area (Å²) in [6, 6.07) is 35.1. The van der Waals surface area contributed by atoms with Gasteiger partial charge < -0.3 is 9.47 Å². The van der Waals surface area contributed by atoms with Crippen LogP contribution in [0.5, 0.6) is 11.5 Å². The molecule has 0 spiro atoms. The Morgan fingerprint density at radius 1 is 0.562 bits per heavy atom. The quantitative estimate of drug-likeness (QED) is 0.302. The number of nitrogens with zero attached hydrogens (tertiary/aromatic N) is 1. The van der Waals surface area contributed by atoms with Crippen molar-refractivity contribution in [2.45, 2.75) is 0 Å². The molecule has 0 aliphatic carbocycles. The number of fused-ring (bicyclic) bond motifs is 1. The van der Waals surface area contributed by atoms with Gasteiger partial charge in [-0.25, -0.2) is 4.98 Å². The summed E-state index contributed by atoms with van der Waals surface area (Å²) < 4.78 is 11.2. The average molecular weight is 418 g/mol. The lowest BCUT2D eigenvalue weighted by Gasteiger charge is -2.15. The van der Waals surface area contributed by atoms with Crippen molar-refractivity contribution in [1.29, 1.82) is 0 Å². The SMILES string of the molecule is COc1ccc(-c2cc(OC)c3cc(-c4ccccc4)cc(-c4ccccc4)c3n2)cc1. The molecule has 4 aromatic carbocycles. The first-order chi connectivity index (χ1) is 15.8. The van der Waals surface area contributed by atoms with Gasteiger partial charge in [-0.1, -0.05) is 60.7 Å². The third-order valence-corrected chi connectivity index (χ3v) is 5.67. The normalized spacial score (nSPS) is 10.8. The molecule has 5 rings (SSSR count). The van der Waals surface area contributed by atoms with Crippen LogP contribution in [0.3, 0.4) is 0 Å². The lowest BCUT2D eigenvalue weighted by Crippen LogP contribution is -1.95. The number of rotatable bonds is 5. The summed E-state index contributed by atoms with van der Waals surface area (Å²) in [6.45, 7) is 0. The van der Waals surface area contributed by atoms with Gasteiger partial charge in [0.1, 0.15) is 11.5 Å². The minimum atomic E-state index is 0.802. The highest BCUT2D eigenvalue weighted by Crippen LogP contribution is 2.39. The van der Waals surface area contributed by atoms with Crippen LogP contribution < -0.4 is 9.47 Å². The zero-order valence-electron chi connectivity index (χ0n) is 18.1. The summed E-state index contributed by atoms with van der Waals surface area (Å²) in [5.74, 6) is 1.62. The van der Waals surface area contributed by atoms with Gasteiger partial charge in [0, 0.05) is 22.6 Å². The van der Waals surface area contributed by atoms with E-state index < -0.39 is 0 Å². The fourth-order valence-electron chi connectivity index (χ4n) is 4.01. The summed E-state index contributed by atoms with van der Waals surface area (Å²) in [7, 11) is 3.38. The highest BCUT2D eigenvalue weighted by molar-refractivity contribution is 6.01. The lowest BCUT2D eigenvalue weighted by atomic mass is 9.94. The van der Waals surface area contributed by atoms with E-state index in [1.807, 2.05) is 42.5 Å². The van der Waals surface area contributed by atoms with Crippen molar-refractivity contribution >= 4 is 10.9 Å². The summed E-state index contributed by atoms with van der Waals surface area (Å²) in [5, 5.41) is 0.991. The first kappa shape index (κ1) is 19.8. The summed E-state index contributed by atoms with van der Waals surface area (Å²) >= 11 is 0. The van der Waals surface area contributed by atoms with Gasteiger partial charge in [0.15, 0.2) is 0 Å². The molecular weight excluding hydrogens is 394 g/mol. The summed E-state index contributed by atoms with van der Waals surface area (Å²) in [5.41, 5.74) is 7.29. The van der Waals surface area contributed by atoms with Crippen LogP contribution in [0.2, 0.25) is 0 Å². The molecule has 1 heterocycles. The molecule has 0 saturated heterocycles. The van der Waals surface area contributed by atoms with Gasteiger partial charge in [-0.2, -0.15) is 0 Å². The van der Waals surface area contributed by atoms with Gasteiger partial charge in [-0.3, -0.25) is 0 Å². The maximum absolute atomic E-state index is 5.85. The minimum absolute atomic E-state index is 0.802. The zero-order chi connectivity index (χ0) is 21.9. The molecule has 0 bridgehead atoms. The summed E-state index contributed by atoms with van der Waals surface area (Å²) in [4.78, 5) is 5.10. The van der Waals surface area contributed by atoms with Crippen LogP contribution in [-0.2, 0) is 0 Å². The second-order valence-electron chi connectivity index (χ2n) is 7.59. The van der Waals surface area contributed by atoms with E-state index in [4.69, 9.17) is 14.5 Å². The maximum Gasteiger partial charge on any atom is 0.130 e. The first-order valence-corrected chi connectivity index (χ1v) is 10.5. The predicted octanol–water partition coefficient (Wildman–Crippen LogP) is 7.25. The molecule has 0 saturated carbocycles. The molecule has 0 radical (unpaired) electrons. The highest BCUT2D eigenvalue weighted by Gasteiger charge is 2.15. The standard InChI is InChI=1S/C29H23NO2/c1-31-24-15-13-22(14-16-24)27-19-28(32-2)26-18-23(20-9-5-3-6-10-20)17-25(29(26)30-27)21-11-7-4-8-12-21/h3-19H,1-2H3. The van der Waals surface area contributed by atoms with Crippen LogP contribution in [-0.4, -0.2) is 19.2 Å². The number of hydrogen-bond donors (Lipinski definition) is 0. The number of aromatic nitrogens is 1. The van der Waals surface area contributed by atoms with Crippen LogP contribution in [0.15, 0.2) is 103 Å². The Balaban J connectivity index is 1.79. The monoisotopic (exact) mass is 417 g/mol. The van der Waals surface area contributed by atoms with Crippen molar-refractivity contribution in [2.24, 2.45) is 0 Å². The Morgan fingerprint density at radius 2 is 1.22 bits per heavy atom. The van der Waals surface area contributed by atoms with Gasteiger partial charge >= 0.3 is 0 Å². The maximum atomic E-state index is 5.85. The van der Waals surface area contributed by atoms with E-state index in [1.165, 1.54) is 0 Å². The van der Waals surface area contributed by atoms with Crippen molar-refractivity contribution in [2.75, 3.05) is 14.2 Å². The molecule has 0 unspecified atom stereocenters. The van der Waals surface area contributed by atoms with E-state index in [9.17, 15) is 0 Å². The van der Waals surface area contributed by atoms with Crippen LogP contribution >= 0.6 is 0 Å². The average Bonchev–Trinajstić information content (AvgIpc) is 2.88. The van der Waals surface area contributed by atoms with Gasteiger partial charge in [-0.05, 0) is 53.1 Å². The number of ether oxygens (including phenoxy) is 2. The van der Waals surface area contributed by atoms with Gasteiger partial charge in [0.25, 0.3) is 0 Å². The molecule has 5 aromatic rings. The lowest BCUT2D eigenvalue weighted by molar-refractivity contribution is 0.415. The van der Waals surface area contributed by atoms with Crippen LogP contribution in [0.1, 0.15) is 0 Å². The highest BCUT2D eigenvalue weighted by atomic mass is 16.5. The van der Waals surface area contributed by atoms with E-state index >= 15 is 0 Å². The Bertz CT molecular complexity index is 1360. The zero-order valence-corrected chi connectivity index (χ0v) is 18.1. The smallest absolute Gasteiger partial charge is 0.130 e. The number of methoxy groups -OCH3 is 2. The summed E-state index contributed by atoms with van der Waals surface area (Å²) in [6.07, 6.45) is 0. The van der Waals surface area contributed by atoms with Crippen molar-refractivity contribution in [3.63, 3.8) is 0 Å². The molecule has 0 aliphatic heterocycles. The third kappa shape index (κ3) is 3.69. The Morgan fingerprint density at radius 3 is 1.84 bits per heavy atom. The topological polar surface area (TPSA) is 31.4 Å². The molecule has 3 heteroatoms. The number of hydrogen-bond acceptors (Lipinski definition) is 3. The van der Waals surface area contributed by atoms with Crippen molar-refractivity contribution in [1.82, 2.24) is 4.98 Å². The largest absolute Gasteiger partial charge is 0.497 e.